The van der Waals surface area contributed by atoms with E-state index < -0.39 is 6.10 Å². The summed E-state index contributed by atoms with van der Waals surface area (Å²) >= 11 is 0. The molecule has 0 bridgehead atoms. The summed E-state index contributed by atoms with van der Waals surface area (Å²) in [5.74, 6) is 0.0826. The van der Waals surface area contributed by atoms with Crippen LogP contribution in [0.3, 0.4) is 0 Å². The van der Waals surface area contributed by atoms with E-state index in [1.165, 1.54) is 0 Å². The fourth-order valence-electron chi connectivity index (χ4n) is 2.93. The van der Waals surface area contributed by atoms with E-state index >= 15 is 0 Å². The largest absolute Gasteiger partial charge is 0.391 e. The number of ether oxygens (including phenoxy) is 1. The van der Waals surface area contributed by atoms with Crippen molar-refractivity contribution in [3.8, 4) is 0 Å². The van der Waals surface area contributed by atoms with Gasteiger partial charge in [-0.1, -0.05) is 25.1 Å². The van der Waals surface area contributed by atoms with Gasteiger partial charge in [-0.2, -0.15) is 0 Å². The summed E-state index contributed by atoms with van der Waals surface area (Å²) in [7, 11) is 0. The van der Waals surface area contributed by atoms with Crippen molar-refractivity contribution in [2.24, 2.45) is 0 Å². The summed E-state index contributed by atoms with van der Waals surface area (Å²) in [5, 5.41) is 10.0. The fraction of sp³-hybridized carbons (Fsp3) is 0.611. The number of nitrogens with zero attached hydrogens (tertiary/aromatic N) is 2. The van der Waals surface area contributed by atoms with Gasteiger partial charge in [0, 0.05) is 25.3 Å². The molecular weight excluding hydrogens is 292 g/mol. The highest BCUT2D eigenvalue weighted by Crippen LogP contribution is 2.16. The first-order valence-electron chi connectivity index (χ1n) is 8.40. The number of aliphatic hydroxyl groups excluding tert-OH is 1. The average Bonchev–Trinajstić information content (AvgIpc) is 2.53. The Morgan fingerprint density at radius 3 is 2.48 bits per heavy atom. The van der Waals surface area contributed by atoms with Gasteiger partial charge in [-0.25, -0.2) is 0 Å². The predicted molar refractivity (Wildman–Crippen MR) is 91.5 cm³/mol. The molecule has 1 fully saturated rings. The first kappa shape index (κ1) is 17.8. The molecule has 23 heavy (non-hydrogen) atoms. The average molecular weight is 320 g/mol. The first-order chi connectivity index (χ1) is 11.0. The maximum Gasteiger partial charge on any atom is 0.242 e. The second-order valence-corrected chi connectivity index (χ2v) is 6.33. The molecule has 1 aliphatic heterocycles. The number of hydrogen-bond donors (Lipinski definition) is 1. The molecule has 1 aliphatic rings. The lowest BCUT2D eigenvalue weighted by Gasteiger charge is -2.37. The van der Waals surface area contributed by atoms with E-state index in [9.17, 15) is 9.90 Å². The highest BCUT2D eigenvalue weighted by atomic mass is 16.5. The summed E-state index contributed by atoms with van der Waals surface area (Å²) < 4.78 is 5.69. The van der Waals surface area contributed by atoms with Gasteiger partial charge in [0.15, 0.2) is 0 Å². The van der Waals surface area contributed by atoms with E-state index in [0.717, 1.165) is 5.69 Å². The minimum Gasteiger partial charge on any atom is -0.391 e. The standard InChI is InChI=1S/C18H28N2O3/c1-4-17(21)12-19(16-8-6-5-7-9-16)13-18(22)20-10-14(2)23-15(3)11-20/h5-9,14-15,17,21H,4,10-13H2,1-3H3/t14-,15-,17+/m1/s1. The second-order valence-electron chi connectivity index (χ2n) is 6.33. The van der Waals surface area contributed by atoms with Crippen LogP contribution < -0.4 is 4.90 Å². The molecule has 1 heterocycles. The molecule has 1 aromatic carbocycles. The van der Waals surface area contributed by atoms with Crippen molar-refractivity contribution in [1.82, 2.24) is 4.90 Å². The minimum atomic E-state index is -0.439. The van der Waals surface area contributed by atoms with Crippen LogP contribution in [0.15, 0.2) is 30.3 Å². The lowest BCUT2D eigenvalue weighted by Crippen LogP contribution is -2.51. The number of morpholine rings is 1. The Balaban J connectivity index is 2.06. The lowest BCUT2D eigenvalue weighted by molar-refractivity contribution is -0.141. The molecule has 0 unspecified atom stereocenters. The van der Waals surface area contributed by atoms with Crippen molar-refractivity contribution >= 4 is 11.6 Å². The molecule has 1 amide bonds. The number of aliphatic hydroxyl groups is 1. The van der Waals surface area contributed by atoms with Crippen LogP contribution in [0.4, 0.5) is 5.69 Å². The zero-order valence-electron chi connectivity index (χ0n) is 14.3. The molecule has 1 aromatic rings. The number of carbonyl (C=O) groups is 1. The predicted octanol–water partition coefficient (Wildman–Crippen LogP) is 1.90. The van der Waals surface area contributed by atoms with E-state index in [2.05, 4.69) is 0 Å². The third-order valence-electron chi connectivity index (χ3n) is 4.12. The summed E-state index contributed by atoms with van der Waals surface area (Å²) in [6, 6.07) is 9.79. The molecule has 2 rings (SSSR count). The number of anilines is 1. The molecule has 0 aromatic heterocycles. The number of para-hydroxylation sites is 1. The van der Waals surface area contributed by atoms with Crippen molar-refractivity contribution < 1.29 is 14.6 Å². The summed E-state index contributed by atoms with van der Waals surface area (Å²) in [6.45, 7) is 7.92. The van der Waals surface area contributed by atoms with Gasteiger partial charge in [0.2, 0.25) is 5.91 Å². The number of benzene rings is 1. The fourth-order valence-corrected chi connectivity index (χ4v) is 2.93. The Labute approximate surface area is 138 Å². The van der Waals surface area contributed by atoms with Gasteiger partial charge in [-0.3, -0.25) is 4.79 Å². The second kappa shape index (κ2) is 8.31. The van der Waals surface area contributed by atoms with Gasteiger partial charge in [0.1, 0.15) is 0 Å². The van der Waals surface area contributed by atoms with E-state index in [0.29, 0.717) is 26.1 Å². The number of carbonyl (C=O) groups excluding carboxylic acids is 1. The van der Waals surface area contributed by atoms with Gasteiger partial charge >= 0.3 is 0 Å². The molecule has 0 spiro atoms. The molecule has 5 heteroatoms. The third kappa shape index (κ3) is 5.22. The smallest absolute Gasteiger partial charge is 0.242 e. The highest BCUT2D eigenvalue weighted by molar-refractivity contribution is 5.81. The first-order valence-corrected chi connectivity index (χ1v) is 8.40. The van der Waals surface area contributed by atoms with Crippen molar-refractivity contribution in [3.63, 3.8) is 0 Å². The number of rotatable bonds is 6. The van der Waals surface area contributed by atoms with E-state index in [1.54, 1.807) is 0 Å². The number of hydrogen-bond acceptors (Lipinski definition) is 4. The molecular formula is C18H28N2O3. The summed E-state index contributed by atoms with van der Waals surface area (Å²) in [5.41, 5.74) is 0.961. The van der Waals surface area contributed by atoms with Crippen LogP contribution in [-0.2, 0) is 9.53 Å². The van der Waals surface area contributed by atoms with Crippen molar-refractivity contribution in [2.75, 3.05) is 31.1 Å². The lowest BCUT2D eigenvalue weighted by atomic mass is 10.2. The van der Waals surface area contributed by atoms with Crippen molar-refractivity contribution in [2.45, 2.75) is 45.5 Å². The van der Waals surface area contributed by atoms with Crippen LogP contribution >= 0.6 is 0 Å². The summed E-state index contributed by atoms with van der Waals surface area (Å²) in [4.78, 5) is 16.5. The molecule has 5 nitrogen and oxygen atoms in total. The van der Waals surface area contributed by atoms with Crippen LogP contribution in [0.1, 0.15) is 27.2 Å². The Kier molecular flexibility index (Phi) is 6.42. The zero-order valence-corrected chi connectivity index (χ0v) is 14.3. The highest BCUT2D eigenvalue weighted by Gasteiger charge is 2.27. The zero-order chi connectivity index (χ0) is 16.8. The molecule has 0 saturated carbocycles. The van der Waals surface area contributed by atoms with Crippen LogP contribution in [-0.4, -0.2) is 60.4 Å². The quantitative estimate of drug-likeness (QED) is 0.870. The van der Waals surface area contributed by atoms with Crippen LogP contribution in [0, 0.1) is 0 Å². The Hall–Kier alpha value is -1.59. The number of amides is 1. The molecule has 3 atom stereocenters. The monoisotopic (exact) mass is 320 g/mol. The molecule has 0 aliphatic carbocycles. The van der Waals surface area contributed by atoms with Crippen LogP contribution in [0.25, 0.3) is 0 Å². The van der Waals surface area contributed by atoms with Gasteiger partial charge in [0.25, 0.3) is 0 Å². The van der Waals surface area contributed by atoms with Crippen LogP contribution in [0.5, 0.6) is 0 Å². The molecule has 1 N–H and O–H groups in total. The maximum absolute atomic E-state index is 12.7. The van der Waals surface area contributed by atoms with E-state index in [4.69, 9.17) is 4.74 Å². The Morgan fingerprint density at radius 1 is 1.30 bits per heavy atom. The topological polar surface area (TPSA) is 53.0 Å². The van der Waals surface area contributed by atoms with Gasteiger partial charge < -0.3 is 19.6 Å². The van der Waals surface area contributed by atoms with Gasteiger partial charge in [-0.15, -0.1) is 0 Å². The Bertz CT molecular complexity index is 484. The maximum atomic E-state index is 12.7. The molecule has 0 radical (unpaired) electrons. The van der Waals surface area contributed by atoms with Crippen molar-refractivity contribution in [3.05, 3.63) is 30.3 Å². The van der Waals surface area contributed by atoms with E-state index in [1.807, 2.05) is 60.9 Å². The van der Waals surface area contributed by atoms with Gasteiger partial charge in [0.05, 0.1) is 24.9 Å². The third-order valence-corrected chi connectivity index (χ3v) is 4.12. The van der Waals surface area contributed by atoms with Crippen molar-refractivity contribution in [1.29, 1.82) is 0 Å². The summed E-state index contributed by atoms with van der Waals surface area (Å²) in [6.07, 6.45) is 0.358. The molecule has 1 saturated heterocycles. The van der Waals surface area contributed by atoms with E-state index in [-0.39, 0.29) is 24.7 Å². The SMILES string of the molecule is CC[C@H](O)CN(CC(=O)N1C[C@@H](C)O[C@H](C)C1)c1ccccc1. The molecule has 128 valence electrons. The van der Waals surface area contributed by atoms with Gasteiger partial charge in [-0.05, 0) is 32.4 Å². The minimum absolute atomic E-state index is 0.0640. The van der Waals surface area contributed by atoms with Crippen LogP contribution in [0.2, 0.25) is 0 Å². The normalized spacial score (nSPS) is 22.7. The Morgan fingerprint density at radius 2 is 1.91 bits per heavy atom.